The van der Waals surface area contributed by atoms with Gasteiger partial charge in [0.15, 0.2) is 0 Å². The van der Waals surface area contributed by atoms with Crippen molar-refractivity contribution in [2.45, 2.75) is 31.3 Å². The molecule has 0 spiro atoms. The van der Waals surface area contributed by atoms with Crippen molar-refractivity contribution < 1.29 is 4.79 Å². The molecule has 1 fully saturated rings. The number of hydrogen-bond donors (Lipinski definition) is 2. The number of benzene rings is 1. The van der Waals surface area contributed by atoms with Crippen LogP contribution in [0.2, 0.25) is 5.02 Å². The van der Waals surface area contributed by atoms with E-state index in [1.807, 2.05) is 6.07 Å². The van der Waals surface area contributed by atoms with Gasteiger partial charge in [0.05, 0.1) is 0 Å². The van der Waals surface area contributed by atoms with Gasteiger partial charge >= 0.3 is 0 Å². The van der Waals surface area contributed by atoms with Gasteiger partial charge in [-0.25, -0.2) is 0 Å². The predicted molar refractivity (Wildman–Crippen MR) is 81.9 cm³/mol. The maximum atomic E-state index is 11.1. The molecule has 4 nitrogen and oxygen atoms in total. The number of nitrogens with two attached hydrogens (primary N) is 1. The van der Waals surface area contributed by atoms with E-state index in [0.29, 0.717) is 22.7 Å². The fraction of sp³-hybridized carbons (Fsp3) is 0.533. The van der Waals surface area contributed by atoms with E-state index in [1.54, 1.807) is 12.1 Å². The first-order valence-corrected chi connectivity index (χ1v) is 7.29. The summed E-state index contributed by atoms with van der Waals surface area (Å²) in [6.07, 6.45) is 3.77. The smallest absolute Gasteiger partial charge is 0.248 e. The number of rotatable bonds is 6. The SMILES string of the molecule is CN(C)C1(CNCc2ccc(C(N)=O)cc2Cl)CCC1. The molecular weight excluding hydrogens is 274 g/mol. The van der Waals surface area contributed by atoms with Crippen LogP contribution in [0.25, 0.3) is 0 Å². The molecule has 1 aliphatic carbocycles. The quantitative estimate of drug-likeness (QED) is 0.844. The third-order valence-corrected chi connectivity index (χ3v) is 4.69. The third-order valence-electron chi connectivity index (χ3n) is 4.34. The summed E-state index contributed by atoms with van der Waals surface area (Å²) in [4.78, 5) is 13.4. The molecule has 1 amide bonds. The second kappa shape index (κ2) is 6.12. The van der Waals surface area contributed by atoms with E-state index in [2.05, 4.69) is 24.3 Å². The summed E-state index contributed by atoms with van der Waals surface area (Å²) in [6.45, 7) is 1.65. The Morgan fingerprint density at radius 2 is 2.15 bits per heavy atom. The van der Waals surface area contributed by atoms with Crippen molar-refractivity contribution in [3.8, 4) is 0 Å². The van der Waals surface area contributed by atoms with E-state index < -0.39 is 5.91 Å². The average Bonchev–Trinajstić information content (AvgIpc) is 2.33. The second-order valence-electron chi connectivity index (χ2n) is 5.75. The van der Waals surface area contributed by atoms with Crippen LogP contribution < -0.4 is 11.1 Å². The number of primary amides is 1. The summed E-state index contributed by atoms with van der Waals surface area (Å²) in [5.74, 6) is -0.451. The fourth-order valence-electron chi connectivity index (χ4n) is 2.64. The molecule has 1 aromatic carbocycles. The lowest BCUT2D eigenvalue weighted by Gasteiger charge is -2.47. The molecule has 110 valence electrons. The summed E-state index contributed by atoms with van der Waals surface area (Å²) in [5.41, 5.74) is 6.96. The largest absolute Gasteiger partial charge is 0.366 e. The Kier molecular flexibility index (Phi) is 4.68. The molecule has 0 radical (unpaired) electrons. The van der Waals surface area contributed by atoms with Gasteiger partial charge in [-0.1, -0.05) is 17.7 Å². The van der Waals surface area contributed by atoms with Gasteiger partial charge in [-0.05, 0) is 51.1 Å². The maximum absolute atomic E-state index is 11.1. The summed E-state index contributed by atoms with van der Waals surface area (Å²) in [6, 6.07) is 5.21. The van der Waals surface area contributed by atoms with Crippen molar-refractivity contribution in [2.24, 2.45) is 5.73 Å². The van der Waals surface area contributed by atoms with Gasteiger partial charge in [0.1, 0.15) is 0 Å². The molecule has 0 bridgehead atoms. The highest BCUT2D eigenvalue weighted by Gasteiger charge is 2.38. The average molecular weight is 296 g/mol. The van der Waals surface area contributed by atoms with Crippen molar-refractivity contribution in [3.05, 3.63) is 34.3 Å². The highest BCUT2D eigenvalue weighted by atomic mass is 35.5. The van der Waals surface area contributed by atoms with E-state index in [0.717, 1.165) is 12.1 Å². The van der Waals surface area contributed by atoms with Gasteiger partial charge in [-0.15, -0.1) is 0 Å². The molecule has 0 atom stereocenters. The van der Waals surface area contributed by atoms with E-state index in [1.165, 1.54) is 19.3 Å². The topological polar surface area (TPSA) is 58.4 Å². The molecule has 20 heavy (non-hydrogen) atoms. The first-order valence-electron chi connectivity index (χ1n) is 6.91. The summed E-state index contributed by atoms with van der Waals surface area (Å²) in [7, 11) is 4.27. The lowest BCUT2D eigenvalue weighted by Crippen LogP contribution is -2.56. The minimum Gasteiger partial charge on any atom is -0.366 e. The molecule has 1 aromatic rings. The monoisotopic (exact) mass is 295 g/mol. The minimum atomic E-state index is -0.451. The molecule has 5 heteroatoms. The number of carbonyl (C=O) groups excluding carboxylic acids is 1. The molecule has 0 heterocycles. The molecule has 0 unspecified atom stereocenters. The molecule has 2 rings (SSSR count). The minimum absolute atomic E-state index is 0.291. The van der Waals surface area contributed by atoms with Crippen LogP contribution in [0.5, 0.6) is 0 Å². The van der Waals surface area contributed by atoms with Gasteiger partial charge in [0.2, 0.25) is 5.91 Å². The van der Waals surface area contributed by atoms with Crippen LogP contribution in [-0.2, 0) is 6.54 Å². The predicted octanol–water partition coefficient (Wildman–Crippen LogP) is 2.01. The fourth-order valence-corrected chi connectivity index (χ4v) is 2.89. The van der Waals surface area contributed by atoms with Crippen LogP contribution in [0.4, 0.5) is 0 Å². The Hall–Kier alpha value is -1.10. The molecule has 1 saturated carbocycles. The first kappa shape index (κ1) is 15.3. The van der Waals surface area contributed by atoms with E-state index >= 15 is 0 Å². The van der Waals surface area contributed by atoms with Crippen molar-refractivity contribution in [2.75, 3.05) is 20.6 Å². The molecule has 3 N–H and O–H groups in total. The Bertz CT molecular complexity index is 498. The highest BCUT2D eigenvalue weighted by molar-refractivity contribution is 6.31. The Morgan fingerprint density at radius 3 is 2.60 bits per heavy atom. The van der Waals surface area contributed by atoms with Crippen LogP contribution in [0, 0.1) is 0 Å². The number of likely N-dealkylation sites (N-methyl/N-ethyl adjacent to an activating group) is 1. The molecule has 0 aromatic heterocycles. The van der Waals surface area contributed by atoms with E-state index in [4.69, 9.17) is 17.3 Å². The van der Waals surface area contributed by atoms with Crippen LogP contribution in [0.3, 0.4) is 0 Å². The standard InChI is InChI=1S/C15H22ClN3O/c1-19(2)15(6-3-7-15)10-18-9-12-5-4-11(14(17)20)8-13(12)16/h4-5,8,18H,3,6-7,9-10H2,1-2H3,(H2,17,20). The number of nitrogens with zero attached hydrogens (tertiary/aromatic N) is 1. The van der Waals surface area contributed by atoms with Crippen LogP contribution >= 0.6 is 11.6 Å². The lowest BCUT2D eigenvalue weighted by molar-refractivity contribution is 0.0598. The number of nitrogens with one attached hydrogen (secondary N) is 1. The van der Waals surface area contributed by atoms with Gasteiger partial charge in [-0.3, -0.25) is 4.79 Å². The number of carbonyl (C=O) groups is 1. The highest BCUT2D eigenvalue weighted by Crippen LogP contribution is 2.35. The molecule has 1 aliphatic rings. The zero-order chi connectivity index (χ0) is 14.8. The summed E-state index contributed by atoms with van der Waals surface area (Å²) >= 11 is 6.18. The Morgan fingerprint density at radius 1 is 1.45 bits per heavy atom. The van der Waals surface area contributed by atoms with Gasteiger partial charge in [0, 0.05) is 29.2 Å². The third kappa shape index (κ3) is 3.14. The van der Waals surface area contributed by atoms with Gasteiger partial charge in [0.25, 0.3) is 0 Å². The van der Waals surface area contributed by atoms with Crippen molar-refractivity contribution >= 4 is 17.5 Å². The Balaban J connectivity index is 1.93. The van der Waals surface area contributed by atoms with Crippen molar-refractivity contribution in [3.63, 3.8) is 0 Å². The number of amides is 1. The summed E-state index contributed by atoms with van der Waals surface area (Å²) in [5, 5.41) is 4.06. The normalized spacial score (nSPS) is 17.0. The van der Waals surface area contributed by atoms with E-state index in [9.17, 15) is 4.79 Å². The summed E-state index contributed by atoms with van der Waals surface area (Å²) < 4.78 is 0. The molecule has 0 aliphatic heterocycles. The van der Waals surface area contributed by atoms with Crippen LogP contribution in [0.15, 0.2) is 18.2 Å². The lowest BCUT2D eigenvalue weighted by atomic mass is 9.75. The van der Waals surface area contributed by atoms with Crippen LogP contribution in [0.1, 0.15) is 35.2 Å². The second-order valence-corrected chi connectivity index (χ2v) is 6.15. The molecule has 0 saturated heterocycles. The maximum Gasteiger partial charge on any atom is 0.248 e. The number of halogens is 1. The zero-order valence-electron chi connectivity index (χ0n) is 12.1. The van der Waals surface area contributed by atoms with Gasteiger partial charge < -0.3 is 16.0 Å². The van der Waals surface area contributed by atoms with Crippen molar-refractivity contribution in [1.29, 1.82) is 0 Å². The van der Waals surface area contributed by atoms with E-state index in [-0.39, 0.29) is 0 Å². The first-order chi connectivity index (χ1) is 9.44. The van der Waals surface area contributed by atoms with Crippen molar-refractivity contribution in [1.82, 2.24) is 10.2 Å². The van der Waals surface area contributed by atoms with Gasteiger partial charge in [-0.2, -0.15) is 0 Å². The van der Waals surface area contributed by atoms with Crippen LogP contribution in [-0.4, -0.2) is 37.0 Å². The zero-order valence-corrected chi connectivity index (χ0v) is 12.8. The number of hydrogen-bond acceptors (Lipinski definition) is 3. The molecular formula is C15H22ClN3O. The Labute approximate surface area is 125 Å².